The van der Waals surface area contributed by atoms with E-state index in [-0.39, 0.29) is 34.6 Å². The van der Waals surface area contributed by atoms with Crippen LogP contribution in [-0.2, 0) is 21.9 Å². The molecule has 3 atom stereocenters. The first-order chi connectivity index (χ1) is 14.2. The first-order valence-electron chi connectivity index (χ1n) is 10.3. The van der Waals surface area contributed by atoms with Gasteiger partial charge in [-0.25, -0.2) is 22.5 Å². The number of carbonyl (C=O) groups is 1. The molecule has 2 heterocycles. The lowest BCUT2D eigenvalue weighted by atomic mass is 9.88. The van der Waals surface area contributed by atoms with E-state index < -0.39 is 10.0 Å². The van der Waals surface area contributed by atoms with E-state index in [1.807, 2.05) is 4.90 Å². The molecule has 2 fully saturated rings. The van der Waals surface area contributed by atoms with Crippen molar-refractivity contribution in [3.05, 3.63) is 47.7 Å². The molecule has 1 N–H and O–H groups in total. The number of amides is 1. The molecule has 7 nitrogen and oxygen atoms in total. The van der Waals surface area contributed by atoms with E-state index in [1.54, 1.807) is 30.7 Å². The molecule has 4 rings (SSSR count). The molecule has 9 heteroatoms. The van der Waals surface area contributed by atoms with Crippen LogP contribution in [0.5, 0.6) is 0 Å². The molecule has 1 aromatic carbocycles. The van der Waals surface area contributed by atoms with Gasteiger partial charge in [0, 0.05) is 38.3 Å². The number of aromatic nitrogens is 2. The van der Waals surface area contributed by atoms with Crippen LogP contribution in [-0.4, -0.2) is 47.9 Å². The Morgan fingerprint density at radius 3 is 2.43 bits per heavy atom. The monoisotopic (exact) mass is 434 g/mol. The van der Waals surface area contributed by atoms with Crippen molar-refractivity contribution in [2.75, 3.05) is 13.1 Å². The van der Waals surface area contributed by atoms with Crippen LogP contribution in [0, 0.1) is 18.7 Å². The third-order valence-electron chi connectivity index (χ3n) is 6.28. The fourth-order valence-corrected chi connectivity index (χ4v) is 5.89. The van der Waals surface area contributed by atoms with Gasteiger partial charge in [-0.15, -0.1) is 0 Å². The maximum atomic E-state index is 13.4. The van der Waals surface area contributed by atoms with Crippen LogP contribution < -0.4 is 4.72 Å². The predicted octanol–water partition coefficient (Wildman–Crippen LogP) is 2.33. The highest BCUT2D eigenvalue weighted by Crippen LogP contribution is 2.41. The van der Waals surface area contributed by atoms with Gasteiger partial charge >= 0.3 is 0 Å². The summed E-state index contributed by atoms with van der Waals surface area (Å²) in [6.45, 7) is 3.23. The summed E-state index contributed by atoms with van der Waals surface area (Å²) in [5, 5.41) is -0.0184. The Hall–Kier alpha value is -2.26. The van der Waals surface area contributed by atoms with Crippen molar-refractivity contribution in [1.82, 2.24) is 19.2 Å². The van der Waals surface area contributed by atoms with Gasteiger partial charge in [0.1, 0.15) is 11.6 Å². The zero-order valence-corrected chi connectivity index (χ0v) is 18.0. The van der Waals surface area contributed by atoms with Crippen molar-refractivity contribution in [3.8, 4) is 0 Å². The van der Waals surface area contributed by atoms with E-state index in [0.717, 1.165) is 31.5 Å². The second-order valence-electron chi connectivity index (χ2n) is 8.32. The lowest BCUT2D eigenvalue weighted by Gasteiger charge is -2.24. The Balaban J connectivity index is 1.57. The van der Waals surface area contributed by atoms with Crippen LogP contribution in [0.2, 0.25) is 0 Å². The van der Waals surface area contributed by atoms with E-state index in [9.17, 15) is 17.6 Å². The smallest absolute Gasteiger partial charge is 0.259 e. The van der Waals surface area contributed by atoms with Gasteiger partial charge < -0.3 is 9.47 Å². The number of aryl methyl sites for hydroxylation is 2. The van der Waals surface area contributed by atoms with Gasteiger partial charge in [0.15, 0.2) is 5.03 Å². The zero-order valence-electron chi connectivity index (χ0n) is 17.2. The van der Waals surface area contributed by atoms with Crippen LogP contribution in [0.3, 0.4) is 0 Å². The minimum Gasteiger partial charge on any atom is -0.342 e. The minimum atomic E-state index is -3.79. The van der Waals surface area contributed by atoms with E-state index in [0.29, 0.717) is 18.7 Å². The number of imidazole rings is 1. The minimum absolute atomic E-state index is 0.0184. The highest BCUT2D eigenvalue weighted by atomic mass is 32.2. The Bertz CT molecular complexity index is 1010. The normalized spacial score (nSPS) is 24.5. The van der Waals surface area contributed by atoms with E-state index in [2.05, 4.69) is 9.71 Å². The van der Waals surface area contributed by atoms with Crippen molar-refractivity contribution < 1.29 is 17.6 Å². The van der Waals surface area contributed by atoms with Crippen LogP contribution in [0.4, 0.5) is 4.39 Å². The number of rotatable bonds is 5. The maximum Gasteiger partial charge on any atom is 0.259 e. The average molecular weight is 435 g/mol. The molecule has 1 aliphatic heterocycles. The standard InChI is InChI=1S/C21H27FN4O3S/c1-14-23-20(13-25(14)2)30(28,29)24-17-11-18(15-5-7-16(22)8-6-15)19(12-17)21(27)26-9-3-4-10-26/h5-8,13,17-19,24H,3-4,9-12H2,1-2H3/t17-,18+,19-/m0/s1. The average Bonchev–Trinajstić information content (AvgIpc) is 3.43. The van der Waals surface area contributed by atoms with Crippen LogP contribution in [0.1, 0.15) is 43.0 Å². The Morgan fingerprint density at radius 1 is 1.17 bits per heavy atom. The van der Waals surface area contributed by atoms with Crippen molar-refractivity contribution in [2.45, 2.75) is 49.6 Å². The van der Waals surface area contributed by atoms with Crippen LogP contribution in [0.15, 0.2) is 35.5 Å². The fraction of sp³-hybridized carbons (Fsp3) is 0.524. The molecule has 0 spiro atoms. The first kappa shape index (κ1) is 21.0. The molecule has 0 unspecified atom stereocenters. The summed E-state index contributed by atoms with van der Waals surface area (Å²) in [6.07, 6.45) is 4.38. The highest BCUT2D eigenvalue weighted by Gasteiger charge is 2.43. The van der Waals surface area contributed by atoms with Crippen molar-refractivity contribution in [2.24, 2.45) is 13.0 Å². The number of nitrogens with one attached hydrogen (secondary N) is 1. The quantitative estimate of drug-likeness (QED) is 0.783. The van der Waals surface area contributed by atoms with Crippen molar-refractivity contribution >= 4 is 15.9 Å². The number of benzene rings is 1. The number of likely N-dealkylation sites (tertiary alicyclic amines) is 1. The fourth-order valence-electron chi connectivity index (χ4n) is 4.59. The number of nitrogens with zero attached hydrogens (tertiary/aromatic N) is 3. The van der Waals surface area contributed by atoms with Crippen molar-refractivity contribution in [3.63, 3.8) is 0 Å². The summed E-state index contributed by atoms with van der Waals surface area (Å²) >= 11 is 0. The van der Waals surface area contributed by atoms with Crippen molar-refractivity contribution in [1.29, 1.82) is 0 Å². The molecule has 0 bridgehead atoms. The Morgan fingerprint density at radius 2 is 1.83 bits per heavy atom. The lowest BCUT2D eigenvalue weighted by Crippen LogP contribution is -2.36. The molecular formula is C21H27FN4O3S. The number of hydrogen-bond acceptors (Lipinski definition) is 4. The van der Waals surface area contributed by atoms with Gasteiger partial charge in [-0.1, -0.05) is 12.1 Å². The molecule has 2 aliphatic rings. The summed E-state index contributed by atoms with van der Waals surface area (Å²) in [4.78, 5) is 19.2. The van der Waals surface area contributed by atoms with Crippen LogP contribution in [0.25, 0.3) is 0 Å². The SMILES string of the molecule is Cc1nc(S(=O)(=O)N[C@@H]2C[C@H](C(=O)N3CCCC3)[C@@H](c3ccc(F)cc3)C2)cn1C. The van der Waals surface area contributed by atoms with E-state index in [4.69, 9.17) is 0 Å². The van der Waals surface area contributed by atoms with Gasteiger partial charge in [0.05, 0.1) is 0 Å². The summed E-state index contributed by atoms with van der Waals surface area (Å²) in [5.41, 5.74) is 0.865. The molecule has 1 saturated carbocycles. The summed E-state index contributed by atoms with van der Waals surface area (Å²) in [5.74, 6) is -0.143. The van der Waals surface area contributed by atoms with Gasteiger partial charge in [0.2, 0.25) is 5.91 Å². The third-order valence-corrected chi connectivity index (χ3v) is 7.67. The highest BCUT2D eigenvalue weighted by molar-refractivity contribution is 7.89. The molecular weight excluding hydrogens is 407 g/mol. The van der Waals surface area contributed by atoms with Gasteiger partial charge in [-0.05, 0) is 56.2 Å². The molecule has 2 aromatic rings. The van der Waals surface area contributed by atoms with E-state index >= 15 is 0 Å². The van der Waals surface area contributed by atoms with Crippen LogP contribution >= 0.6 is 0 Å². The molecule has 1 aromatic heterocycles. The largest absolute Gasteiger partial charge is 0.342 e. The summed E-state index contributed by atoms with van der Waals surface area (Å²) < 4.78 is 43.5. The summed E-state index contributed by atoms with van der Waals surface area (Å²) in [6, 6.07) is 5.79. The topological polar surface area (TPSA) is 84.3 Å². The molecule has 1 aliphatic carbocycles. The number of hydrogen-bond donors (Lipinski definition) is 1. The third kappa shape index (κ3) is 4.13. The Labute approximate surface area is 176 Å². The second kappa shape index (κ2) is 8.11. The maximum absolute atomic E-state index is 13.4. The van der Waals surface area contributed by atoms with E-state index in [1.165, 1.54) is 18.3 Å². The molecule has 1 amide bonds. The zero-order chi connectivity index (χ0) is 21.5. The first-order valence-corrected chi connectivity index (χ1v) is 11.8. The Kier molecular flexibility index (Phi) is 5.67. The number of halogens is 1. The lowest BCUT2D eigenvalue weighted by molar-refractivity contribution is -0.134. The van der Waals surface area contributed by atoms with Gasteiger partial charge in [-0.3, -0.25) is 4.79 Å². The second-order valence-corrected chi connectivity index (χ2v) is 9.98. The van der Waals surface area contributed by atoms with Gasteiger partial charge in [0.25, 0.3) is 10.0 Å². The summed E-state index contributed by atoms with van der Waals surface area (Å²) in [7, 11) is -2.05. The number of sulfonamides is 1. The molecule has 162 valence electrons. The molecule has 1 saturated heterocycles. The predicted molar refractivity (Wildman–Crippen MR) is 110 cm³/mol. The molecule has 30 heavy (non-hydrogen) atoms. The molecule has 0 radical (unpaired) electrons. The van der Waals surface area contributed by atoms with Gasteiger partial charge in [-0.2, -0.15) is 0 Å². The number of carbonyl (C=O) groups excluding carboxylic acids is 1.